The molecule has 20 heavy (non-hydrogen) atoms. The second-order valence-electron chi connectivity index (χ2n) is 4.77. The Morgan fingerprint density at radius 1 is 1.15 bits per heavy atom. The Morgan fingerprint density at radius 3 is 2.70 bits per heavy atom. The smallest absolute Gasteiger partial charge is 0.124 e. The molecule has 0 fully saturated rings. The Hall–Kier alpha value is -1.48. The molecule has 0 unspecified atom stereocenters. The molecule has 3 heteroatoms. The van der Waals surface area contributed by atoms with Crippen LogP contribution in [0.25, 0.3) is 0 Å². The Labute approximate surface area is 129 Å². The fraction of sp³-hybridized carbons (Fsp3) is 0.294. The number of ether oxygens (including phenoxy) is 1. The second-order valence-corrected chi connectivity index (χ2v) is 5.68. The van der Waals surface area contributed by atoms with Crippen molar-refractivity contribution in [2.75, 3.05) is 11.9 Å². The summed E-state index contributed by atoms with van der Waals surface area (Å²) in [5, 5.41) is 3.47. The number of halogens is 1. The summed E-state index contributed by atoms with van der Waals surface area (Å²) in [5.41, 5.74) is 3.57. The summed E-state index contributed by atoms with van der Waals surface area (Å²) >= 11 is 3.52. The Kier molecular flexibility index (Phi) is 5.48. The zero-order chi connectivity index (χ0) is 14.4. The molecule has 0 atom stereocenters. The van der Waals surface area contributed by atoms with Crippen molar-refractivity contribution in [3.05, 3.63) is 58.1 Å². The number of hydrogen-bond donors (Lipinski definition) is 1. The lowest BCUT2D eigenvalue weighted by Crippen LogP contribution is -2.05. The molecule has 2 rings (SSSR count). The molecular weight excluding hydrogens is 314 g/mol. The van der Waals surface area contributed by atoms with Crippen LogP contribution in [0.1, 0.15) is 24.5 Å². The molecule has 0 aliphatic rings. The van der Waals surface area contributed by atoms with Crippen molar-refractivity contribution < 1.29 is 4.74 Å². The van der Waals surface area contributed by atoms with E-state index in [4.69, 9.17) is 4.74 Å². The van der Waals surface area contributed by atoms with Crippen LogP contribution < -0.4 is 10.1 Å². The largest absolute Gasteiger partial charge is 0.493 e. The molecular formula is C17H20BrNO. The zero-order valence-corrected chi connectivity index (χ0v) is 13.5. The topological polar surface area (TPSA) is 21.3 Å². The minimum atomic E-state index is 0.749. The highest BCUT2D eigenvalue weighted by molar-refractivity contribution is 9.10. The number of para-hydroxylation sites is 1. The van der Waals surface area contributed by atoms with E-state index in [9.17, 15) is 0 Å². The van der Waals surface area contributed by atoms with Crippen molar-refractivity contribution in [2.45, 2.75) is 26.8 Å². The summed E-state index contributed by atoms with van der Waals surface area (Å²) in [5.74, 6) is 0.955. The lowest BCUT2D eigenvalue weighted by Gasteiger charge is -2.14. The van der Waals surface area contributed by atoms with Crippen LogP contribution in [0.3, 0.4) is 0 Å². The summed E-state index contributed by atoms with van der Waals surface area (Å²) in [6.45, 7) is 5.73. The highest BCUT2D eigenvalue weighted by Gasteiger charge is 2.05. The van der Waals surface area contributed by atoms with Crippen LogP contribution in [0, 0.1) is 6.92 Å². The van der Waals surface area contributed by atoms with Crippen molar-refractivity contribution in [1.82, 2.24) is 0 Å². The fourth-order valence-electron chi connectivity index (χ4n) is 2.00. The Bertz CT molecular complexity index is 569. The van der Waals surface area contributed by atoms with Crippen molar-refractivity contribution in [3.8, 4) is 5.75 Å². The van der Waals surface area contributed by atoms with Gasteiger partial charge in [0.15, 0.2) is 0 Å². The summed E-state index contributed by atoms with van der Waals surface area (Å²) < 4.78 is 6.87. The van der Waals surface area contributed by atoms with E-state index in [1.165, 1.54) is 5.56 Å². The normalized spacial score (nSPS) is 10.3. The van der Waals surface area contributed by atoms with Gasteiger partial charge in [-0.2, -0.15) is 0 Å². The minimum Gasteiger partial charge on any atom is -0.493 e. The standard InChI is InChI=1S/C17H20BrNO/c1-3-10-20-17-9-8-15(18)11-14(17)12-19-16-7-5-4-6-13(16)2/h4-9,11,19H,3,10,12H2,1-2H3. The number of anilines is 1. The lowest BCUT2D eigenvalue weighted by molar-refractivity contribution is 0.314. The first-order valence-electron chi connectivity index (χ1n) is 6.91. The van der Waals surface area contributed by atoms with Gasteiger partial charge in [-0.15, -0.1) is 0 Å². The molecule has 0 spiro atoms. The average molecular weight is 334 g/mol. The molecule has 2 nitrogen and oxygen atoms in total. The van der Waals surface area contributed by atoms with Crippen LogP contribution in [0.2, 0.25) is 0 Å². The third-order valence-corrected chi connectivity index (χ3v) is 3.59. The van der Waals surface area contributed by atoms with Crippen LogP contribution in [0.5, 0.6) is 5.75 Å². The Morgan fingerprint density at radius 2 is 1.95 bits per heavy atom. The van der Waals surface area contributed by atoms with Gasteiger partial charge in [-0.25, -0.2) is 0 Å². The van der Waals surface area contributed by atoms with Gasteiger partial charge in [-0.1, -0.05) is 41.1 Å². The van der Waals surface area contributed by atoms with Gasteiger partial charge in [0.05, 0.1) is 6.61 Å². The third kappa shape index (κ3) is 4.01. The summed E-state index contributed by atoms with van der Waals surface area (Å²) in [6.07, 6.45) is 1.01. The van der Waals surface area contributed by atoms with E-state index in [2.05, 4.69) is 59.4 Å². The van der Waals surface area contributed by atoms with E-state index in [1.807, 2.05) is 18.2 Å². The first kappa shape index (κ1) is 14.9. The van der Waals surface area contributed by atoms with Crippen molar-refractivity contribution in [3.63, 3.8) is 0 Å². The van der Waals surface area contributed by atoms with Gasteiger partial charge >= 0.3 is 0 Å². The molecule has 0 heterocycles. The van der Waals surface area contributed by atoms with Gasteiger partial charge in [0, 0.05) is 22.3 Å². The lowest BCUT2D eigenvalue weighted by atomic mass is 10.1. The molecule has 0 aromatic heterocycles. The third-order valence-electron chi connectivity index (χ3n) is 3.10. The number of nitrogens with one attached hydrogen (secondary N) is 1. The van der Waals surface area contributed by atoms with E-state index < -0.39 is 0 Å². The van der Waals surface area contributed by atoms with Crippen LogP contribution >= 0.6 is 15.9 Å². The predicted octanol–water partition coefficient (Wildman–Crippen LogP) is 5.16. The maximum atomic E-state index is 5.80. The quantitative estimate of drug-likeness (QED) is 0.788. The molecule has 0 saturated carbocycles. The van der Waals surface area contributed by atoms with Gasteiger partial charge in [-0.3, -0.25) is 0 Å². The first-order valence-corrected chi connectivity index (χ1v) is 7.70. The van der Waals surface area contributed by atoms with Gasteiger partial charge in [0.25, 0.3) is 0 Å². The van der Waals surface area contributed by atoms with Crippen molar-refractivity contribution in [2.24, 2.45) is 0 Å². The number of rotatable bonds is 6. The summed E-state index contributed by atoms with van der Waals surface area (Å²) in [4.78, 5) is 0. The predicted molar refractivity (Wildman–Crippen MR) is 88.4 cm³/mol. The minimum absolute atomic E-state index is 0.749. The van der Waals surface area contributed by atoms with Crippen LogP contribution in [0.4, 0.5) is 5.69 Å². The Balaban J connectivity index is 2.11. The van der Waals surface area contributed by atoms with Gasteiger partial charge in [0.1, 0.15) is 5.75 Å². The zero-order valence-electron chi connectivity index (χ0n) is 11.9. The monoisotopic (exact) mass is 333 g/mol. The van der Waals surface area contributed by atoms with Gasteiger partial charge < -0.3 is 10.1 Å². The molecule has 2 aromatic carbocycles. The average Bonchev–Trinajstić information content (AvgIpc) is 2.45. The highest BCUT2D eigenvalue weighted by atomic mass is 79.9. The molecule has 0 aliphatic carbocycles. The van der Waals surface area contributed by atoms with Gasteiger partial charge in [-0.05, 0) is 43.2 Å². The fourth-order valence-corrected chi connectivity index (χ4v) is 2.41. The molecule has 0 radical (unpaired) electrons. The summed E-state index contributed by atoms with van der Waals surface area (Å²) in [7, 11) is 0. The second kappa shape index (κ2) is 7.34. The first-order chi connectivity index (χ1) is 9.70. The highest BCUT2D eigenvalue weighted by Crippen LogP contribution is 2.25. The van der Waals surface area contributed by atoms with Gasteiger partial charge in [0.2, 0.25) is 0 Å². The molecule has 0 aliphatic heterocycles. The van der Waals surface area contributed by atoms with Crippen LogP contribution in [-0.2, 0) is 6.54 Å². The van der Waals surface area contributed by atoms with Crippen LogP contribution in [-0.4, -0.2) is 6.61 Å². The summed E-state index contributed by atoms with van der Waals surface area (Å²) in [6, 6.07) is 14.4. The van der Waals surface area contributed by atoms with Crippen molar-refractivity contribution in [1.29, 1.82) is 0 Å². The molecule has 0 bridgehead atoms. The molecule has 2 aromatic rings. The molecule has 0 amide bonds. The molecule has 106 valence electrons. The van der Waals surface area contributed by atoms with E-state index in [0.29, 0.717) is 0 Å². The van der Waals surface area contributed by atoms with E-state index in [0.717, 1.165) is 41.0 Å². The number of aryl methyl sites for hydroxylation is 1. The maximum absolute atomic E-state index is 5.80. The van der Waals surface area contributed by atoms with Crippen LogP contribution in [0.15, 0.2) is 46.9 Å². The molecule has 1 N–H and O–H groups in total. The van der Waals surface area contributed by atoms with Crippen molar-refractivity contribution >= 4 is 21.6 Å². The number of hydrogen-bond acceptors (Lipinski definition) is 2. The maximum Gasteiger partial charge on any atom is 0.124 e. The van der Waals surface area contributed by atoms with E-state index >= 15 is 0 Å². The SMILES string of the molecule is CCCOc1ccc(Br)cc1CNc1ccccc1C. The molecule has 0 saturated heterocycles. The van der Waals surface area contributed by atoms with E-state index in [-0.39, 0.29) is 0 Å². The number of benzene rings is 2. The van der Waals surface area contributed by atoms with E-state index in [1.54, 1.807) is 0 Å².